The molecule has 0 saturated heterocycles. The highest BCUT2D eigenvalue weighted by Gasteiger charge is 2.11. The van der Waals surface area contributed by atoms with E-state index in [1.807, 2.05) is 0 Å². The Kier molecular flexibility index (Phi) is 3.38. The van der Waals surface area contributed by atoms with Crippen molar-refractivity contribution in [1.82, 2.24) is 0 Å². The Morgan fingerprint density at radius 1 is 1.38 bits per heavy atom. The summed E-state index contributed by atoms with van der Waals surface area (Å²) in [5.74, 6) is 0.128. The third kappa shape index (κ3) is 2.82. The molecule has 0 atom stereocenters. The minimum absolute atomic E-state index is 0.128. The molecule has 0 radical (unpaired) electrons. The summed E-state index contributed by atoms with van der Waals surface area (Å²) in [5.41, 5.74) is 1.71. The Balaban J connectivity index is 2.77. The maximum Gasteiger partial charge on any atom is 0.163 e. The van der Waals surface area contributed by atoms with Gasteiger partial charge in [0.05, 0.1) is 0 Å². The molecule has 0 N–H and O–H groups in total. The lowest BCUT2D eigenvalue weighted by Gasteiger charge is -2.09. The fourth-order valence-electron chi connectivity index (χ4n) is 1.25. The maximum absolute atomic E-state index is 11.2. The summed E-state index contributed by atoms with van der Waals surface area (Å²) in [6, 6.07) is 0. The molecule has 0 fully saturated rings. The highest BCUT2D eigenvalue weighted by atomic mass is 16.1. The van der Waals surface area contributed by atoms with Crippen LogP contribution in [0, 0.1) is 0 Å². The van der Waals surface area contributed by atoms with E-state index >= 15 is 0 Å². The van der Waals surface area contributed by atoms with Gasteiger partial charge in [-0.15, -0.1) is 13.2 Å². The molecule has 0 amide bonds. The van der Waals surface area contributed by atoms with Gasteiger partial charge in [-0.1, -0.05) is 12.2 Å². The molecule has 0 spiro atoms. The topological polar surface area (TPSA) is 29.4 Å². The van der Waals surface area contributed by atoms with Crippen LogP contribution in [-0.4, -0.2) is 11.5 Å². The van der Waals surface area contributed by atoms with Crippen molar-refractivity contribution >= 4 is 11.5 Å². The number of allylic oxidation sites excluding steroid dienone is 3. The van der Waals surface area contributed by atoms with Gasteiger partial charge in [-0.2, -0.15) is 0 Å². The number of carbonyl (C=O) groups is 1. The van der Waals surface area contributed by atoms with Crippen molar-refractivity contribution < 1.29 is 4.79 Å². The van der Waals surface area contributed by atoms with E-state index in [2.05, 4.69) is 18.2 Å². The molecule has 0 aromatic heterocycles. The molecule has 68 valence electrons. The van der Waals surface area contributed by atoms with Crippen molar-refractivity contribution in [2.75, 3.05) is 0 Å². The first kappa shape index (κ1) is 9.65. The van der Waals surface area contributed by atoms with Gasteiger partial charge in [0.25, 0.3) is 0 Å². The van der Waals surface area contributed by atoms with Gasteiger partial charge in [-0.05, 0) is 0 Å². The van der Waals surface area contributed by atoms with Crippen LogP contribution >= 0.6 is 0 Å². The number of nitrogens with zero attached hydrogens (tertiary/aromatic N) is 1. The predicted octanol–water partition coefficient (Wildman–Crippen LogP) is 2.44. The van der Waals surface area contributed by atoms with Crippen molar-refractivity contribution in [1.29, 1.82) is 0 Å². The normalized spacial score (nSPS) is 16.2. The third-order valence-electron chi connectivity index (χ3n) is 1.74. The molecule has 0 aromatic rings. The van der Waals surface area contributed by atoms with Crippen LogP contribution in [-0.2, 0) is 4.79 Å². The van der Waals surface area contributed by atoms with Gasteiger partial charge in [0.2, 0.25) is 0 Å². The monoisotopic (exact) mass is 175 g/mol. The van der Waals surface area contributed by atoms with Crippen molar-refractivity contribution in [2.24, 2.45) is 4.99 Å². The van der Waals surface area contributed by atoms with E-state index in [1.165, 1.54) is 0 Å². The first-order chi connectivity index (χ1) is 6.26. The average Bonchev–Trinajstić information content (AvgIpc) is 2.04. The Morgan fingerprint density at radius 2 is 2.08 bits per heavy atom. The summed E-state index contributed by atoms with van der Waals surface area (Å²) in [6.07, 6.45) is 6.90. The van der Waals surface area contributed by atoms with Gasteiger partial charge in [-0.25, -0.2) is 0 Å². The maximum atomic E-state index is 11.2. The number of ketones is 1. The fraction of sp³-hybridized carbons (Fsp3) is 0.273. The van der Waals surface area contributed by atoms with Crippen LogP contribution in [0.1, 0.15) is 19.3 Å². The zero-order valence-electron chi connectivity index (χ0n) is 7.62. The molecule has 0 aromatic carbocycles. The number of hydrogen-bond acceptors (Lipinski definition) is 2. The Labute approximate surface area is 78.4 Å². The van der Waals surface area contributed by atoms with Gasteiger partial charge < -0.3 is 0 Å². The second kappa shape index (κ2) is 4.55. The molecule has 0 saturated carbocycles. The van der Waals surface area contributed by atoms with Crippen LogP contribution in [0.2, 0.25) is 0 Å². The van der Waals surface area contributed by atoms with Crippen molar-refractivity contribution in [2.45, 2.75) is 19.3 Å². The molecular formula is C11H13NO. The molecule has 2 heteroatoms. The Morgan fingerprint density at radius 3 is 2.69 bits per heavy atom. The molecule has 1 rings (SSSR count). The lowest BCUT2D eigenvalue weighted by molar-refractivity contribution is -0.113. The number of hydrogen-bond donors (Lipinski definition) is 0. The van der Waals surface area contributed by atoms with Gasteiger partial charge in [0, 0.05) is 36.7 Å². The van der Waals surface area contributed by atoms with Crippen molar-refractivity contribution in [3.63, 3.8) is 0 Å². The average molecular weight is 175 g/mol. The van der Waals surface area contributed by atoms with Crippen LogP contribution in [0.3, 0.4) is 0 Å². The molecule has 1 heterocycles. The lowest BCUT2D eigenvalue weighted by Crippen LogP contribution is -2.10. The van der Waals surface area contributed by atoms with Crippen molar-refractivity contribution in [3.8, 4) is 0 Å². The van der Waals surface area contributed by atoms with E-state index < -0.39 is 0 Å². The molecule has 1 aliphatic heterocycles. The zero-order valence-corrected chi connectivity index (χ0v) is 7.62. The first-order valence-electron chi connectivity index (χ1n) is 4.28. The lowest BCUT2D eigenvalue weighted by atomic mass is 10.1. The first-order valence-corrected chi connectivity index (χ1v) is 4.28. The smallest absolute Gasteiger partial charge is 0.163 e. The molecule has 2 nitrogen and oxygen atoms in total. The fourth-order valence-corrected chi connectivity index (χ4v) is 1.25. The number of carbonyl (C=O) groups excluding carboxylic acids is 1. The predicted molar refractivity (Wildman–Crippen MR) is 54.8 cm³/mol. The van der Waals surface area contributed by atoms with Crippen LogP contribution < -0.4 is 0 Å². The minimum atomic E-state index is 0.128. The highest BCUT2D eigenvalue weighted by Crippen LogP contribution is 2.13. The molecule has 0 bridgehead atoms. The van der Waals surface area contributed by atoms with E-state index in [9.17, 15) is 4.79 Å². The highest BCUT2D eigenvalue weighted by molar-refractivity contribution is 6.09. The van der Waals surface area contributed by atoms with Gasteiger partial charge in [0.15, 0.2) is 5.78 Å². The van der Waals surface area contributed by atoms with Gasteiger partial charge in [0.1, 0.15) is 0 Å². The summed E-state index contributed by atoms with van der Waals surface area (Å²) in [7, 11) is 0. The molecule has 13 heavy (non-hydrogen) atoms. The standard InChI is InChI=1S/C11H13NO/c1-3-5-9-7-11(13)8-10(12-9)6-4-2/h3-4,7H,1-2,5-6,8H2. The van der Waals surface area contributed by atoms with Crippen molar-refractivity contribution in [3.05, 3.63) is 37.1 Å². The quantitative estimate of drug-likeness (QED) is 0.603. The SMILES string of the molecule is C=CCC1=CC(=O)CC(CC=C)=N1. The number of aliphatic imine (C=N–C) groups is 1. The Hall–Kier alpha value is -1.44. The second-order valence-electron chi connectivity index (χ2n) is 2.94. The van der Waals surface area contributed by atoms with Gasteiger partial charge >= 0.3 is 0 Å². The van der Waals surface area contributed by atoms with Crippen LogP contribution in [0.4, 0.5) is 0 Å². The van der Waals surface area contributed by atoms with Gasteiger partial charge in [-0.3, -0.25) is 9.79 Å². The summed E-state index contributed by atoms with van der Waals surface area (Å²) >= 11 is 0. The third-order valence-corrected chi connectivity index (χ3v) is 1.74. The Bertz CT molecular complexity index is 297. The second-order valence-corrected chi connectivity index (χ2v) is 2.94. The molecule has 1 aliphatic rings. The molecule has 0 aliphatic carbocycles. The van der Waals surface area contributed by atoms with Crippen LogP contribution in [0.25, 0.3) is 0 Å². The van der Waals surface area contributed by atoms with E-state index in [-0.39, 0.29) is 5.78 Å². The van der Waals surface area contributed by atoms with E-state index in [4.69, 9.17) is 0 Å². The van der Waals surface area contributed by atoms with Crippen LogP contribution in [0.5, 0.6) is 0 Å². The summed E-state index contributed by atoms with van der Waals surface area (Å²) in [4.78, 5) is 15.5. The van der Waals surface area contributed by atoms with E-state index in [0.717, 1.165) is 11.4 Å². The van der Waals surface area contributed by atoms with Crippen LogP contribution in [0.15, 0.2) is 42.1 Å². The number of rotatable bonds is 4. The summed E-state index contributed by atoms with van der Waals surface area (Å²) in [5, 5.41) is 0. The summed E-state index contributed by atoms with van der Waals surface area (Å²) < 4.78 is 0. The van der Waals surface area contributed by atoms with E-state index in [1.54, 1.807) is 18.2 Å². The molecule has 0 unspecified atom stereocenters. The minimum Gasteiger partial charge on any atom is -0.294 e. The molecular weight excluding hydrogens is 162 g/mol. The van der Waals surface area contributed by atoms with E-state index in [0.29, 0.717) is 19.3 Å². The summed E-state index contributed by atoms with van der Waals surface area (Å²) in [6.45, 7) is 7.23. The largest absolute Gasteiger partial charge is 0.294 e. The zero-order chi connectivity index (χ0) is 9.68.